The number of phenolic OH excluding ortho intramolecular Hbond substituents is 1. The van der Waals surface area contributed by atoms with E-state index in [1.165, 1.54) is 0 Å². The zero-order valence-electron chi connectivity index (χ0n) is 11.0. The van der Waals surface area contributed by atoms with Crippen LogP contribution in [0.15, 0.2) is 24.4 Å². The van der Waals surface area contributed by atoms with Gasteiger partial charge in [-0.25, -0.2) is 0 Å². The highest BCUT2D eigenvalue weighted by molar-refractivity contribution is 7.71. The summed E-state index contributed by atoms with van der Waals surface area (Å²) in [6.07, 6.45) is 3.47. The van der Waals surface area contributed by atoms with E-state index < -0.39 is 0 Å². The minimum Gasteiger partial charge on any atom is -0.508 e. The molecule has 2 aromatic rings. The zero-order valence-corrected chi connectivity index (χ0v) is 11.8. The van der Waals surface area contributed by atoms with Crippen molar-refractivity contribution in [3.8, 4) is 11.5 Å². The standard InChI is InChI=1S/C14H17N3O2S/c15-4-3-10-7-16-14(20)17(10)11-5-9-6-12(18)1-2-13(9)19-8-11/h1-2,6-7,11,18H,3-5,8,15H2,(H,16,20)/t11-/m0/s1. The topological polar surface area (TPSA) is 76.2 Å². The predicted octanol–water partition coefficient (Wildman–Crippen LogP) is 1.93. The van der Waals surface area contributed by atoms with Crippen LogP contribution in [0.2, 0.25) is 0 Å². The maximum absolute atomic E-state index is 9.59. The fraction of sp³-hybridized carbons (Fsp3) is 0.357. The highest BCUT2D eigenvalue weighted by Crippen LogP contribution is 2.32. The van der Waals surface area contributed by atoms with Crippen LogP contribution in [-0.4, -0.2) is 27.8 Å². The summed E-state index contributed by atoms with van der Waals surface area (Å²) < 4.78 is 8.54. The number of benzene rings is 1. The molecule has 1 atom stereocenters. The van der Waals surface area contributed by atoms with Gasteiger partial charge in [-0.1, -0.05) is 0 Å². The van der Waals surface area contributed by atoms with Crippen molar-refractivity contribution in [1.29, 1.82) is 0 Å². The second-order valence-electron chi connectivity index (χ2n) is 4.95. The van der Waals surface area contributed by atoms with E-state index in [1.54, 1.807) is 18.2 Å². The number of imidazole rings is 1. The normalized spacial score (nSPS) is 17.6. The number of aromatic nitrogens is 2. The summed E-state index contributed by atoms with van der Waals surface area (Å²) in [5.41, 5.74) is 7.73. The molecular weight excluding hydrogens is 274 g/mol. The fourth-order valence-corrected chi connectivity index (χ4v) is 3.01. The summed E-state index contributed by atoms with van der Waals surface area (Å²) in [7, 11) is 0. The maximum atomic E-state index is 9.59. The lowest BCUT2D eigenvalue weighted by Crippen LogP contribution is -2.26. The number of aromatic amines is 1. The molecule has 6 heteroatoms. The molecule has 4 N–H and O–H groups in total. The van der Waals surface area contributed by atoms with E-state index in [0.717, 1.165) is 29.8 Å². The summed E-state index contributed by atoms with van der Waals surface area (Å²) in [5, 5.41) is 9.59. The highest BCUT2D eigenvalue weighted by Gasteiger charge is 2.23. The minimum atomic E-state index is 0.129. The number of ether oxygens (including phenoxy) is 1. The average molecular weight is 291 g/mol. The van der Waals surface area contributed by atoms with Gasteiger partial charge in [0.15, 0.2) is 4.77 Å². The third-order valence-corrected chi connectivity index (χ3v) is 3.90. The molecule has 0 aliphatic carbocycles. The first-order chi connectivity index (χ1) is 9.69. The van der Waals surface area contributed by atoms with Gasteiger partial charge < -0.3 is 25.1 Å². The number of rotatable bonds is 3. The van der Waals surface area contributed by atoms with Crippen molar-refractivity contribution < 1.29 is 9.84 Å². The maximum Gasteiger partial charge on any atom is 0.177 e. The molecular formula is C14H17N3O2S. The number of phenols is 1. The van der Waals surface area contributed by atoms with Gasteiger partial charge >= 0.3 is 0 Å². The molecule has 1 aromatic carbocycles. The third-order valence-electron chi connectivity index (χ3n) is 3.59. The monoisotopic (exact) mass is 291 g/mol. The third kappa shape index (κ3) is 2.32. The summed E-state index contributed by atoms with van der Waals surface area (Å²) in [5.74, 6) is 1.09. The van der Waals surface area contributed by atoms with E-state index in [4.69, 9.17) is 22.7 Å². The predicted molar refractivity (Wildman–Crippen MR) is 78.7 cm³/mol. The van der Waals surface area contributed by atoms with E-state index >= 15 is 0 Å². The number of nitrogens with two attached hydrogens (primary N) is 1. The molecule has 5 nitrogen and oxygen atoms in total. The van der Waals surface area contributed by atoms with Gasteiger partial charge in [-0.3, -0.25) is 0 Å². The van der Waals surface area contributed by atoms with E-state index in [1.807, 2.05) is 6.20 Å². The molecule has 0 spiro atoms. The lowest BCUT2D eigenvalue weighted by atomic mass is 10.0. The van der Waals surface area contributed by atoms with Crippen LogP contribution in [0.5, 0.6) is 11.5 Å². The highest BCUT2D eigenvalue weighted by atomic mass is 32.1. The molecule has 2 heterocycles. The van der Waals surface area contributed by atoms with Gasteiger partial charge in [-0.2, -0.15) is 0 Å². The fourth-order valence-electron chi connectivity index (χ4n) is 2.69. The summed E-state index contributed by atoms with van der Waals surface area (Å²) in [6.45, 7) is 1.15. The van der Waals surface area contributed by atoms with Crippen LogP contribution in [-0.2, 0) is 12.8 Å². The Morgan fingerprint density at radius 2 is 2.35 bits per heavy atom. The Kier molecular flexibility index (Phi) is 3.50. The molecule has 0 saturated heterocycles. The van der Waals surface area contributed by atoms with Gasteiger partial charge in [0.25, 0.3) is 0 Å². The van der Waals surface area contributed by atoms with Gasteiger partial charge in [0.05, 0.1) is 6.04 Å². The Morgan fingerprint density at radius 3 is 3.15 bits per heavy atom. The number of nitrogens with one attached hydrogen (secondary N) is 1. The van der Waals surface area contributed by atoms with E-state index in [9.17, 15) is 5.11 Å². The summed E-state index contributed by atoms with van der Waals surface area (Å²) in [4.78, 5) is 3.07. The van der Waals surface area contributed by atoms with Crippen molar-refractivity contribution in [3.05, 3.63) is 40.4 Å². The quantitative estimate of drug-likeness (QED) is 0.755. The van der Waals surface area contributed by atoms with Crippen molar-refractivity contribution in [2.24, 2.45) is 5.73 Å². The van der Waals surface area contributed by atoms with Crippen LogP contribution >= 0.6 is 12.2 Å². The van der Waals surface area contributed by atoms with Gasteiger partial charge in [-0.05, 0) is 42.5 Å². The first kappa shape index (κ1) is 13.2. The van der Waals surface area contributed by atoms with Crippen molar-refractivity contribution in [1.82, 2.24) is 9.55 Å². The average Bonchev–Trinajstić information content (AvgIpc) is 2.79. The van der Waals surface area contributed by atoms with E-state index in [2.05, 4.69) is 9.55 Å². The number of H-pyrrole nitrogens is 1. The van der Waals surface area contributed by atoms with Crippen molar-refractivity contribution >= 4 is 12.2 Å². The molecule has 0 amide bonds. The largest absolute Gasteiger partial charge is 0.508 e. The van der Waals surface area contributed by atoms with Crippen LogP contribution in [0.3, 0.4) is 0 Å². The van der Waals surface area contributed by atoms with Crippen LogP contribution in [0.1, 0.15) is 17.3 Å². The molecule has 1 aliphatic rings. The second-order valence-corrected chi connectivity index (χ2v) is 5.34. The van der Waals surface area contributed by atoms with Crippen molar-refractivity contribution in [2.75, 3.05) is 13.2 Å². The van der Waals surface area contributed by atoms with Crippen molar-refractivity contribution in [2.45, 2.75) is 18.9 Å². The smallest absolute Gasteiger partial charge is 0.177 e. The van der Waals surface area contributed by atoms with Crippen LogP contribution in [0.4, 0.5) is 0 Å². The minimum absolute atomic E-state index is 0.129. The first-order valence-electron chi connectivity index (χ1n) is 6.62. The molecule has 106 valence electrons. The molecule has 3 rings (SSSR count). The number of hydrogen-bond donors (Lipinski definition) is 3. The molecule has 0 radical (unpaired) electrons. The number of hydrogen-bond acceptors (Lipinski definition) is 4. The SMILES string of the molecule is NCCc1c[nH]c(=S)n1[C@@H]1COc2ccc(O)cc2C1. The second kappa shape index (κ2) is 5.30. The zero-order chi connectivity index (χ0) is 14.1. The van der Waals surface area contributed by atoms with Crippen LogP contribution < -0.4 is 10.5 Å². The Bertz CT molecular complexity index is 677. The Morgan fingerprint density at radius 1 is 1.50 bits per heavy atom. The molecule has 1 aromatic heterocycles. The van der Waals surface area contributed by atoms with Gasteiger partial charge in [0.2, 0.25) is 0 Å². The Balaban J connectivity index is 1.94. The molecule has 0 fully saturated rings. The Hall–Kier alpha value is -1.79. The first-order valence-corrected chi connectivity index (χ1v) is 7.03. The Labute approximate surface area is 122 Å². The molecule has 1 aliphatic heterocycles. The molecule has 20 heavy (non-hydrogen) atoms. The summed E-state index contributed by atoms with van der Waals surface area (Å²) >= 11 is 5.35. The van der Waals surface area contributed by atoms with Crippen LogP contribution in [0.25, 0.3) is 0 Å². The van der Waals surface area contributed by atoms with Crippen molar-refractivity contribution in [3.63, 3.8) is 0 Å². The van der Waals surface area contributed by atoms with E-state index in [-0.39, 0.29) is 11.8 Å². The summed E-state index contributed by atoms with van der Waals surface area (Å²) in [6, 6.07) is 5.32. The van der Waals surface area contributed by atoms with Gasteiger partial charge in [0, 0.05) is 24.7 Å². The van der Waals surface area contributed by atoms with Gasteiger partial charge in [0.1, 0.15) is 18.1 Å². The van der Waals surface area contributed by atoms with Crippen LogP contribution in [0, 0.1) is 4.77 Å². The molecule has 0 bridgehead atoms. The lowest BCUT2D eigenvalue weighted by molar-refractivity contribution is 0.220. The lowest BCUT2D eigenvalue weighted by Gasteiger charge is -2.27. The molecule has 0 unspecified atom stereocenters. The van der Waals surface area contributed by atoms with E-state index in [0.29, 0.717) is 17.9 Å². The molecule has 0 saturated carbocycles. The van der Waals surface area contributed by atoms with Gasteiger partial charge in [-0.15, -0.1) is 0 Å². The number of aromatic hydroxyl groups is 1. The number of nitrogens with zero attached hydrogens (tertiary/aromatic N) is 1. The number of fused-ring (bicyclic) bond motifs is 1.